The highest BCUT2D eigenvalue weighted by atomic mass is 32.2. The highest BCUT2D eigenvalue weighted by Gasteiger charge is 2.45. The lowest BCUT2D eigenvalue weighted by Crippen LogP contribution is -2.43. The Hall–Kier alpha value is 0.350. The zero-order valence-electron chi connectivity index (χ0n) is 27.5. The second kappa shape index (κ2) is 24.2. The van der Waals surface area contributed by atoms with Crippen molar-refractivity contribution in [1.82, 2.24) is 0 Å². The van der Waals surface area contributed by atoms with Gasteiger partial charge in [-0.15, -0.1) is 11.8 Å². The standard InChI is InChI=1S/C36H74S/c1-9-15-19-23-27-31-35(33(7)13-5,29-25-21-17-11-3)37-36(34(8)14-6,30-26-22-18-12-4)32-28-24-20-16-10-2/h33-34H,9-32H2,1-8H3. The zero-order valence-corrected chi connectivity index (χ0v) is 28.4. The van der Waals surface area contributed by atoms with Crippen LogP contribution in [0.5, 0.6) is 0 Å². The third-order valence-electron chi connectivity index (χ3n) is 9.74. The lowest BCUT2D eigenvalue weighted by molar-refractivity contribution is 0.295. The summed E-state index contributed by atoms with van der Waals surface area (Å²) in [6.07, 6.45) is 34.1. The summed E-state index contributed by atoms with van der Waals surface area (Å²) in [5, 5.41) is 0. The van der Waals surface area contributed by atoms with Crippen LogP contribution < -0.4 is 0 Å². The summed E-state index contributed by atoms with van der Waals surface area (Å²) in [7, 11) is 0. The first-order valence-electron chi connectivity index (χ1n) is 17.6. The molecule has 0 aromatic heterocycles. The van der Waals surface area contributed by atoms with Crippen LogP contribution in [0.15, 0.2) is 0 Å². The number of unbranched alkanes of at least 4 members (excludes halogenated alkanes) is 14. The maximum absolute atomic E-state index is 2.64. The fourth-order valence-electron chi connectivity index (χ4n) is 6.55. The first-order chi connectivity index (χ1) is 17.9. The average molecular weight is 539 g/mol. The van der Waals surface area contributed by atoms with Crippen molar-refractivity contribution in [2.24, 2.45) is 11.8 Å². The summed E-state index contributed by atoms with van der Waals surface area (Å²) in [5.74, 6) is 1.65. The Balaban J connectivity index is 6.09. The third-order valence-corrected chi connectivity index (χ3v) is 12.2. The summed E-state index contributed by atoms with van der Waals surface area (Å²) in [6.45, 7) is 19.7. The molecule has 0 heterocycles. The Morgan fingerprint density at radius 2 is 0.622 bits per heavy atom. The summed E-state index contributed by atoms with van der Waals surface area (Å²) in [5.41, 5.74) is 0. The molecule has 0 aliphatic rings. The summed E-state index contributed by atoms with van der Waals surface area (Å²) in [4.78, 5) is 0. The molecule has 37 heavy (non-hydrogen) atoms. The molecule has 1 heteroatoms. The Morgan fingerprint density at radius 1 is 0.378 bits per heavy atom. The van der Waals surface area contributed by atoms with E-state index in [1.54, 1.807) is 0 Å². The van der Waals surface area contributed by atoms with Crippen LogP contribution in [-0.2, 0) is 0 Å². The van der Waals surface area contributed by atoms with Gasteiger partial charge < -0.3 is 0 Å². The predicted molar refractivity (Wildman–Crippen MR) is 176 cm³/mol. The van der Waals surface area contributed by atoms with E-state index in [4.69, 9.17) is 0 Å². The maximum Gasteiger partial charge on any atom is 0.0191 e. The van der Waals surface area contributed by atoms with Gasteiger partial charge in [-0.1, -0.05) is 184 Å². The molecular formula is C36H74S. The minimum atomic E-state index is 0.478. The molecule has 0 nitrogen and oxygen atoms in total. The second-order valence-electron chi connectivity index (χ2n) is 12.8. The van der Waals surface area contributed by atoms with Crippen molar-refractivity contribution in [3.05, 3.63) is 0 Å². The van der Waals surface area contributed by atoms with E-state index in [1.165, 1.54) is 154 Å². The van der Waals surface area contributed by atoms with Gasteiger partial charge in [0.1, 0.15) is 0 Å². The van der Waals surface area contributed by atoms with Crippen molar-refractivity contribution in [3.8, 4) is 0 Å². The Bertz CT molecular complexity index is 431. The van der Waals surface area contributed by atoms with Crippen LogP contribution in [0.2, 0.25) is 0 Å². The van der Waals surface area contributed by atoms with Crippen molar-refractivity contribution in [2.45, 2.75) is 219 Å². The van der Waals surface area contributed by atoms with E-state index in [9.17, 15) is 0 Å². The average Bonchev–Trinajstić information content (AvgIpc) is 2.91. The first-order valence-corrected chi connectivity index (χ1v) is 18.4. The van der Waals surface area contributed by atoms with E-state index in [2.05, 4.69) is 67.2 Å². The van der Waals surface area contributed by atoms with Crippen molar-refractivity contribution >= 4 is 11.8 Å². The van der Waals surface area contributed by atoms with Crippen LogP contribution in [0.1, 0.15) is 209 Å². The van der Waals surface area contributed by atoms with E-state index in [0.29, 0.717) is 9.49 Å². The summed E-state index contributed by atoms with van der Waals surface area (Å²) >= 11 is 2.59. The van der Waals surface area contributed by atoms with E-state index in [-0.39, 0.29) is 0 Å². The highest BCUT2D eigenvalue weighted by Crippen LogP contribution is 2.56. The van der Waals surface area contributed by atoms with Crippen molar-refractivity contribution in [1.29, 1.82) is 0 Å². The minimum absolute atomic E-state index is 0.478. The molecule has 0 N–H and O–H groups in total. The molecule has 0 spiro atoms. The quantitative estimate of drug-likeness (QED) is 0.0892. The van der Waals surface area contributed by atoms with Crippen molar-refractivity contribution < 1.29 is 0 Å². The van der Waals surface area contributed by atoms with Crippen LogP contribution >= 0.6 is 11.8 Å². The molecule has 0 rings (SSSR count). The van der Waals surface area contributed by atoms with Gasteiger partial charge in [-0.25, -0.2) is 0 Å². The molecular weight excluding hydrogens is 464 g/mol. The SMILES string of the molecule is CCCCCCCC(CCCCCC)(SC(CCCCCC)(CCCCCCC)C(C)CC)C(C)CC. The van der Waals surface area contributed by atoms with Crippen LogP contribution in [-0.4, -0.2) is 9.49 Å². The van der Waals surface area contributed by atoms with Gasteiger partial charge in [0.25, 0.3) is 0 Å². The molecule has 0 fully saturated rings. The normalized spacial score (nSPS) is 16.9. The maximum atomic E-state index is 2.64. The molecule has 4 atom stereocenters. The van der Waals surface area contributed by atoms with Gasteiger partial charge in [0.05, 0.1) is 0 Å². The minimum Gasteiger partial charge on any atom is -0.148 e. The lowest BCUT2D eigenvalue weighted by atomic mass is 9.81. The van der Waals surface area contributed by atoms with Crippen molar-refractivity contribution in [3.63, 3.8) is 0 Å². The van der Waals surface area contributed by atoms with Crippen LogP contribution in [0, 0.1) is 11.8 Å². The van der Waals surface area contributed by atoms with Crippen LogP contribution in [0.4, 0.5) is 0 Å². The highest BCUT2D eigenvalue weighted by molar-refractivity contribution is 8.02. The number of thioether (sulfide) groups is 1. The van der Waals surface area contributed by atoms with Gasteiger partial charge in [0.15, 0.2) is 0 Å². The van der Waals surface area contributed by atoms with Gasteiger partial charge in [-0.3, -0.25) is 0 Å². The summed E-state index contributed by atoms with van der Waals surface area (Å²) in [6, 6.07) is 0. The smallest absolute Gasteiger partial charge is 0.0191 e. The fourth-order valence-corrected chi connectivity index (χ4v) is 9.08. The van der Waals surface area contributed by atoms with Crippen molar-refractivity contribution in [2.75, 3.05) is 0 Å². The second-order valence-corrected chi connectivity index (χ2v) is 14.6. The molecule has 0 aliphatic carbocycles. The van der Waals surface area contributed by atoms with Gasteiger partial charge in [0, 0.05) is 9.49 Å². The number of hydrogen-bond acceptors (Lipinski definition) is 1. The number of rotatable bonds is 28. The number of hydrogen-bond donors (Lipinski definition) is 0. The van der Waals surface area contributed by atoms with Crippen LogP contribution in [0.25, 0.3) is 0 Å². The Kier molecular flexibility index (Phi) is 24.4. The largest absolute Gasteiger partial charge is 0.148 e. The first kappa shape index (κ1) is 37.4. The molecule has 0 bridgehead atoms. The van der Waals surface area contributed by atoms with E-state index >= 15 is 0 Å². The topological polar surface area (TPSA) is 0 Å². The molecule has 0 radical (unpaired) electrons. The third kappa shape index (κ3) is 15.7. The molecule has 0 saturated carbocycles. The van der Waals surface area contributed by atoms with Crippen LogP contribution in [0.3, 0.4) is 0 Å². The summed E-state index contributed by atoms with van der Waals surface area (Å²) < 4.78 is 0.957. The lowest BCUT2D eigenvalue weighted by Gasteiger charge is -2.50. The Labute approximate surface area is 242 Å². The molecule has 4 unspecified atom stereocenters. The van der Waals surface area contributed by atoms with Gasteiger partial charge in [-0.2, -0.15) is 0 Å². The molecule has 0 aromatic rings. The predicted octanol–water partition coefficient (Wildman–Crippen LogP) is 14.0. The monoisotopic (exact) mass is 539 g/mol. The zero-order chi connectivity index (χ0) is 27.8. The van der Waals surface area contributed by atoms with E-state index in [0.717, 1.165) is 11.8 Å². The molecule has 0 saturated heterocycles. The van der Waals surface area contributed by atoms with Gasteiger partial charge in [-0.05, 0) is 37.5 Å². The molecule has 224 valence electrons. The van der Waals surface area contributed by atoms with E-state index in [1.807, 2.05) is 0 Å². The molecule has 0 aliphatic heterocycles. The molecule has 0 amide bonds. The van der Waals surface area contributed by atoms with Gasteiger partial charge >= 0.3 is 0 Å². The van der Waals surface area contributed by atoms with E-state index < -0.39 is 0 Å². The van der Waals surface area contributed by atoms with Gasteiger partial charge in [0.2, 0.25) is 0 Å². The Morgan fingerprint density at radius 3 is 0.865 bits per heavy atom. The fraction of sp³-hybridized carbons (Fsp3) is 1.00. The molecule has 0 aromatic carbocycles.